The van der Waals surface area contributed by atoms with Gasteiger partial charge in [-0.25, -0.2) is 0 Å². The summed E-state index contributed by atoms with van der Waals surface area (Å²) in [6.45, 7) is 0. The highest BCUT2D eigenvalue weighted by molar-refractivity contribution is 8.16. The van der Waals surface area contributed by atoms with Crippen LogP contribution < -0.4 is 5.73 Å². The van der Waals surface area contributed by atoms with Gasteiger partial charge < -0.3 is 10.5 Å². The van der Waals surface area contributed by atoms with Crippen LogP contribution in [0.3, 0.4) is 0 Å². The Morgan fingerprint density at radius 2 is 2.21 bits per heavy atom. The number of esters is 1. The summed E-state index contributed by atoms with van der Waals surface area (Å²) in [6.07, 6.45) is 0. The van der Waals surface area contributed by atoms with E-state index in [-0.39, 0.29) is 15.6 Å². The number of ether oxygens (including phenoxy) is 1. The van der Waals surface area contributed by atoms with Crippen LogP contribution in [0.1, 0.15) is 0 Å². The zero-order valence-corrected chi connectivity index (χ0v) is 9.02. The molecule has 0 saturated heterocycles. The Hall–Kier alpha value is -1.13. The van der Waals surface area contributed by atoms with Gasteiger partial charge in [0.1, 0.15) is 11.6 Å². The normalized spacial score (nSPS) is 11.2. The minimum absolute atomic E-state index is 0.0200. The molecule has 0 spiro atoms. The van der Waals surface area contributed by atoms with Crippen LogP contribution >= 0.6 is 24.4 Å². The van der Waals surface area contributed by atoms with Crippen molar-refractivity contribution in [3.8, 4) is 6.07 Å². The monoisotopic (exact) mass is 232 g/mol. The lowest BCUT2D eigenvalue weighted by atomic mass is 10.3. The molecule has 0 fully saturated rings. The van der Waals surface area contributed by atoms with Crippen LogP contribution in [0.25, 0.3) is 0 Å². The van der Waals surface area contributed by atoms with Gasteiger partial charge in [-0.3, -0.25) is 9.59 Å². The second kappa shape index (κ2) is 6.34. The third-order valence-electron chi connectivity index (χ3n) is 1.13. The molecule has 7 heteroatoms. The predicted octanol–water partition coefficient (Wildman–Crippen LogP) is 0.0429. The van der Waals surface area contributed by atoms with Crippen molar-refractivity contribution in [2.24, 2.45) is 5.73 Å². The largest absolute Gasteiger partial charge is 0.468 e. The number of methoxy groups -OCH3 is 1. The number of primary amides is 1. The van der Waals surface area contributed by atoms with Gasteiger partial charge in [-0.05, 0) is 0 Å². The fourth-order valence-corrected chi connectivity index (χ4v) is 1.48. The first-order valence-corrected chi connectivity index (χ1v) is 4.79. The molecule has 76 valence electrons. The van der Waals surface area contributed by atoms with Crippen LogP contribution in [0.15, 0.2) is 9.81 Å². The van der Waals surface area contributed by atoms with E-state index in [4.69, 9.17) is 11.0 Å². The lowest BCUT2D eigenvalue weighted by molar-refractivity contribution is -0.137. The molecule has 0 heterocycles. The summed E-state index contributed by atoms with van der Waals surface area (Å²) in [5, 5.41) is 8.50. The summed E-state index contributed by atoms with van der Waals surface area (Å²) in [7, 11) is 1.24. The minimum Gasteiger partial charge on any atom is -0.468 e. The van der Waals surface area contributed by atoms with Crippen molar-refractivity contribution < 1.29 is 14.3 Å². The van der Waals surface area contributed by atoms with Crippen LogP contribution in [0.5, 0.6) is 0 Å². The molecule has 0 aromatic carbocycles. The van der Waals surface area contributed by atoms with E-state index in [0.717, 1.165) is 11.8 Å². The molecular formula is C7H8N2O3S2. The van der Waals surface area contributed by atoms with Crippen molar-refractivity contribution in [3.63, 3.8) is 0 Å². The first kappa shape index (κ1) is 12.9. The number of hydrogen-bond acceptors (Lipinski definition) is 6. The van der Waals surface area contributed by atoms with E-state index in [9.17, 15) is 9.59 Å². The Bertz CT molecular complexity index is 319. The Labute approximate surface area is 90.7 Å². The molecular weight excluding hydrogens is 224 g/mol. The second-order valence-electron chi connectivity index (χ2n) is 2.02. The second-order valence-corrected chi connectivity index (χ2v) is 3.76. The van der Waals surface area contributed by atoms with Crippen LogP contribution in [0, 0.1) is 11.3 Å². The van der Waals surface area contributed by atoms with Crippen molar-refractivity contribution >= 4 is 36.3 Å². The zero-order chi connectivity index (χ0) is 11.1. The molecule has 0 unspecified atom stereocenters. The Morgan fingerprint density at radius 1 is 1.64 bits per heavy atom. The molecule has 0 saturated carbocycles. The number of thioether (sulfide) groups is 1. The van der Waals surface area contributed by atoms with E-state index < -0.39 is 11.9 Å². The average molecular weight is 232 g/mol. The van der Waals surface area contributed by atoms with E-state index in [0.29, 0.717) is 0 Å². The highest BCUT2D eigenvalue weighted by atomic mass is 32.2. The van der Waals surface area contributed by atoms with E-state index in [1.54, 1.807) is 6.07 Å². The number of nitrogens with two attached hydrogens (primary N) is 1. The van der Waals surface area contributed by atoms with Crippen molar-refractivity contribution in [2.75, 3.05) is 12.9 Å². The van der Waals surface area contributed by atoms with Gasteiger partial charge in [0, 0.05) is 0 Å². The summed E-state index contributed by atoms with van der Waals surface area (Å²) in [5.41, 5.74) is 4.63. The lowest BCUT2D eigenvalue weighted by Gasteiger charge is -2.00. The smallest absolute Gasteiger partial charge is 0.316 e. The maximum absolute atomic E-state index is 10.7. The van der Waals surface area contributed by atoms with Gasteiger partial charge >= 0.3 is 5.97 Å². The molecule has 2 N–H and O–H groups in total. The van der Waals surface area contributed by atoms with Gasteiger partial charge in [0.2, 0.25) is 0 Å². The van der Waals surface area contributed by atoms with E-state index in [2.05, 4.69) is 17.4 Å². The highest BCUT2D eigenvalue weighted by Crippen LogP contribution is 2.23. The maximum Gasteiger partial charge on any atom is 0.316 e. The van der Waals surface area contributed by atoms with Crippen molar-refractivity contribution in [3.05, 3.63) is 9.81 Å². The van der Waals surface area contributed by atoms with Gasteiger partial charge in [0.25, 0.3) is 5.91 Å². The van der Waals surface area contributed by atoms with Gasteiger partial charge in [-0.1, -0.05) is 0 Å². The third kappa shape index (κ3) is 4.20. The number of nitriles is 1. The molecule has 14 heavy (non-hydrogen) atoms. The van der Waals surface area contributed by atoms with E-state index in [1.165, 1.54) is 7.11 Å². The molecule has 0 aromatic heterocycles. The first-order chi connectivity index (χ1) is 6.52. The van der Waals surface area contributed by atoms with E-state index >= 15 is 0 Å². The minimum atomic E-state index is -0.866. The molecule has 0 radical (unpaired) electrons. The molecule has 0 aromatic rings. The molecule has 1 amide bonds. The highest BCUT2D eigenvalue weighted by Gasteiger charge is 2.11. The lowest BCUT2D eigenvalue weighted by Crippen LogP contribution is -2.13. The molecule has 0 rings (SSSR count). The molecule has 0 aliphatic heterocycles. The number of carbonyl (C=O) groups excluding carboxylic acids is 2. The topological polar surface area (TPSA) is 93.2 Å². The SMILES string of the molecule is COC(=O)CS/C(S)=C(/C#N)C(N)=O. The van der Waals surface area contributed by atoms with Gasteiger partial charge in [0.05, 0.1) is 17.1 Å². The van der Waals surface area contributed by atoms with Crippen molar-refractivity contribution in [1.29, 1.82) is 5.26 Å². The van der Waals surface area contributed by atoms with Crippen LogP contribution in [0.2, 0.25) is 0 Å². The van der Waals surface area contributed by atoms with E-state index in [1.807, 2.05) is 0 Å². The summed E-state index contributed by atoms with van der Waals surface area (Å²) < 4.78 is 4.48. The summed E-state index contributed by atoms with van der Waals surface area (Å²) in [5.74, 6) is -1.36. The first-order valence-electron chi connectivity index (χ1n) is 3.35. The number of carbonyl (C=O) groups is 2. The fraction of sp³-hybridized carbons (Fsp3) is 0.286. The predicted molar refractivity (Wildman–Crippen MR) is 55.3 cm³/mol. The van der Waals surface area contributed by atoms with Crippen LogP contribution in [0.4, 0.5) is 0 Å². The third-order valence-corrected chi connectivity index (χ3v) is 2.59. The number of nitrogens with zero attached hydrogens (tertiary/aromatic N) is 1. The fourth-order valence-electron chi connectivity index (χ4n) is 0.467. The maximum atomic E-state index is 10.7. The number of rotatable bonds is 4. The number of amides is 1. The quantitative estimate of drug-likeness (QED) is 0.309. The summed E-state index contributed by atoms with van der Waals surface area (Å²) in [6, 6.07) is 1.60. The summed E-state index contributed by atoms with van der Waals surface area (Å²) >= 11 is 4.79. The molecule has 0 aliphatic rings. The summed E-state index contributed by atoms with van der Waals surface area (Å²) in [4.78, 5) is 21.3. The van der Waals surface area contributed by atoms with Crippen molar-refractivity contribution in [1.82, 2.24) is 0 Å². The molecule has 0 aliphatic carbocycles. The van der Waals surface area contributed by atoms with Gasteiger partial charge in [-0.15, -0.1) is 24.4 Å². The van der Waals surface area contributed by atoms with Crippen LogP contribution in [-0.2, 0) is 14.3 Å². The van der Waals surface area contributed by atoms with Crippen LogP contribution in [-0.4, -0.2) is 24.7 Å². The molecule has 5 nitrogen and oxygen atoms in total. The van der Waals surface area contributed by atoms with Gasteiger partial charge in [0.15, 0.2) is 0 Å². The van der Waals surface area contributed by atoms with Gasteiger partial charge in [-0.2, -0.15) is 5.26 Å². The molecule has 0 atom stereocenters. The Morgan fingerprint density at radius 3 is 2.57 bits per heavy atom. The number of hydrogen-bond donors (Lipinski definition) is 2. The average Bonchev–Trinajstić information content (AvgIpc) is 2.14. The Kier molecular flexibility index (Phi) is 5.83. The number of thiol groups is 1. The zero-order valence-electron chi connectivity index (χ0n) is 7.31. The van der Waals surface area contributed by atoms with Crippen molar-refractivity contribution in [2.45, 2.75) is 0 Å². The standard InChI is InChI=1S/C7H8N2O3S2/c1-12-5(10)3-14-7(13)4(2-8)6(9)11/h13H,3H2,1H3,(H2,9,11)/b7-4-. The Balaban J connectivity index is 4.44. The molecule has 0 bridgehead atoms.